The average Bonchev–Trinajstić information content (AvgIpc) is 2.88. The van der Waals surface area contributed by atoms with Gasteiger partial charge in [0.05, 0.1) is 0 Å². The van der Waals surface area contributed by atoms with E-state index >= 15 is 0 Å². The maximum atomic E-state index is 4.08. The van der Waals surface area contributed by atoms with Crippen LogP contribution in [0, 0.1) is 0 Å². The van der Waals surface area contributed by atoms with Gasteiger partial charge < -0.3 is 5.32 Å². The van der Waals surface area contributed by atoms with Gasteiger partial charge in [-0.3, -0.25) is 0 Å². The molecule has 2 aromatic heterocycles. The Morgan fingerprint density at radius 3 is 2.82 bits per heavy atom. The summed E-state index contributed by atoms with van der Waals surface area (Å²) in [5.74, 6) is 0. The molecule has 0 aliphatic heterocycles. The van der Waals surface area contributed by atoms with Crippen LogP contribution in [0.4, 0.5) is 0 Å². The largest absolute Gasteiger partial charge is 0.310 e. The lowest BCUT2D eigenvalue weighted by Crippen LogP contribution is -2.21. The molecule has 0 bridgehead atoms. The quantitative estimate of drug-likeness (QED) is 0.853. The first kappa shape index (κ1) is 12.2. The van der Waals surface area contributed by atoms with E-state index in [0.717, 1.165) is 19.4 Å². The number of aromatic nitrogens is 2. The molecule has 0 amide bonds. The summed E-state index contributed by atoms with van der Waals surface area (Å²) in [6.07, 6.45) is 7.54. The highest BCUT2D eigenvalue weighted by Gasteiger charge is 2.10. The van der Waals surface area contributed by atoms with Crippen molar-refractivity contribution in [3.8, 4) is 0 Å². The van der Waals surface area contributed by atoms with Crippen molar-refractivity contribution >= 4 is 11.3 Å². The summed E-state index contributed by atoms with van der Waals surface area (Å²) in [6.45, 7) is 3.09. The predicted molar refractivity (Wildman–Crippen MR) is 71.1 cm³/mol. The lowest BCUT2D eigenvalue weighted by molar-refractivity contribution is 0.512. The van der Waals surface area contributed by atoms with Gasteiger partial charge in [0.1, 0.15) is 6.33 Å². The highest BCUT2D eigenvalue weighted by Crippen LogP contribution is 2.18. The van der Waals surface area contributed by atoms with Crippen molar-refractivity contribution in [3.05, 3.63) is 46.7 Å². The molecule has 0 spiro atoms. The molecule has 0 radical (unpaired) electrons. The highest BCUT2D eigenvalue weighted by atomic mass is 32.1. The minimum absolute atomic E-state index is 0.348. The van der Waals surface area contributed by atoms with E-state index in [2.05, 4.69) is 39.0 Å². The summed E-state index contributed by atoms with van der Waals surface area (Å²) in [4.78, 5) is 8.17. The monoisotopic (exact) mass is 247 g/mol. The van der Waals surface area contributed by atoms with Crippen LogP contribution >= 0.6 is 11.3 Å². The van der Waals surface area contributed by atoms with E-state index in [0.29, 0.717) is 6.04 Å². The molecule has 17 heavy (non-hydrogen) atoms. The maximum absolute atomic E-state index is 4.08. The van der Waals surface area contributed by atoms with Gasteiger partial charge >= 0.3 is 0 Å². The number of nitrogens with zero attached hydrogens (tertiary/aromatic N) is 2. The van der Waals surface area contributed by atoms with Crippen LogP contribution in [0.5, 0.6) is 0 Å². The first-order chi connectivity index (χ1) is 8.40. The zero-order chi connectivity index (χ0) is 11.9. The minimum atomic E-state index is 0.348. The topological polar surface area (TPSA) is 37.8 Å². The summed E-state index contributed by atoms with van der Waals surface area (Å²) < 4.78 is 0. The lowest BCUT2D eigenvalue weighted by atomic mass is 10.0. The molecule has 0 aliphatic carbocycles. The Morgan fingerprint density at radius 1 is 1.35 bits per heavy atom. The molecule has 4 heteroatoms. The number of nitrogens with one attached hydrogen (secondary N) is 1. The Morgan fingerprint density at radius 2 is 2.18 bits per heavy atom. The number of hydrogen-bond donors (Lipinski definition) is 1. The third-order valence-corrected chi connectivity index (χ3v) is 3.47. The van der Waals surface area contributed by atoms with Gasteiger partial charge in [-0.1, -0.05) is 6.92 Å². The van der Waals surface area contributed by atoms with Crippen molar-refractivity contribution in [2.75, 3.05) is 6.54 Å². The van der Waals surface area contributed by atoms with Gasteiger partial charge in [0.15, 0.2) is 0 Å². The van der Waals surface area contributed by atoms with Crippen LogP contribution in [0.25, 0.3) is 0 Å². The van der Waals surface area contributed by atoms with Gasteiger partial charge in [0.2, 0.25) is 0 Å². The summed E-state index contributed by atoms with van der Waals surface area (Å²) in [5, 5.41) is 7.83. The van der Waals surface area contributed by atoms with Gasteiger partial charge in [-0.2, -0.15) is 11.3 Å². The van der Waals surface area contributed by atoms with E-state index < -0.39 is 0 Å². The third kappa shape index (κ3) is 3.61. The Balaban J connectivity index is 1.98. The SMILES string of the molecule is CCNC(CCc1ccsc1)c1cncnc1. The summed E-state index contributed by atoms with van der Waals surface area (Å²) in [7, 11) is 0. The van der Waals surface area contributed by atoms with Crippen molar-refractivity contribution in [1.82, 2.24) is 15.3 Å². The normalized spacial score (nSPS) is 12.5. The highest BCUT2D eigenvalue weighted by molar-refractivity contribution is 7.07. The van der Waals surface area contributed by atoms with Crippen LogP contribution in [0.1, 0.15) is 30.5 Å². The molecule has 2 aromatic rings. The van der Waals surface area contributed by atoms with Crippen LogP contribution in [-0.4, -0.2) is 16.5 Å². The molecule has 0 saturated heterocycles. The summed E-state index contributed by atoms with van der Waals surface area (Å²) >= 11 is 1.76. The molecule has 0 aliphatic rings. The number of rotatable bonds is 6. The van der Waals surface area contributed by atoms with Crippen LogP contribution in [0.15, 0.2) is 35.5 Å². The number of aryl methyl sites for hydroxylation is 1. The number of thiophene rings is 1. The minimum Gasteiger partial charge on any atom is -0.310 e. The van der Waals surface area contributed by atoms with E-state index in [4.69, 9.17) is 0 Å². The lowest BCUT2D eigenvalue weighted by Gasteiger charge is -2.17. The molecule has 0 saturated carbocycles. The van der Waals surface area contributed by atoms with Crippen LogP contribution < -0.4 is 5.32 Å². The molecule has 2 heterocycles. The molecular formula is C13H17N3S. The second-order valence-corrected chi connectivity index (χ2v) is 4.73. The molecule has 2 rings (SSSR count). The maximum Gasteiger partial charge on any atom is 0.115 e. The smallest absolute Gasteiger partial charge is 0.115 e. The van der Waals surface area contributed by atoms with Gasteiger partial charge in [0, 0.05) is 24.0 Å². The van der Waals surface area contributed by atoms with E-state index in [1.54, 1.807) is 17.7 Å². The molecule has 0 aromatic carbocycles. The zero-order valence-corrected chi connectivity index (χ0v) is 10.8. The van der Waals surface area contributed by atoms with Crippen LogP contribution in [0.2, 0.25) is 0 Å². The van der Waals surface area contributed by atoms with Gasteiger partial charge in [0.25, 0.3) is 0 Å². The van der Waals surface area contributed by atoms with Crippen molar-refractivity contribution < 1.29 is 0 Å². The van der Waals surface area contributed by atoms with E-state index in [1.807, 2.05) is 12.4 Å². The summed E-state index contributed by atoms with van der Waals surface area (Å²) in [6, 6.07) is 2.54. The molecule has 1 unspecified atom stereocenters. The Kier molecular flexibility index (Phi) is 4.64. The molecule has 1 N–H and O–H groups in total. The van der Waals surface area contributed by atoms with Crippen molar-refractivity contribution in [2.24, 2.45) is 0 Å². The van der Waals surface area contributed by atoms with Gasteiger partial charge in [-0.05, 0) is 41.8 Å². The summed E-state index contributed by atoms with van der Waals surface area (Å²) in [5.41, 5.74) is 2.58. The van der Waals surface area contributed by atoms with E-state index in [9.17, 15) is 0 Å². The zero-order valence-electron chi connectivity index (χ0n) is 9.97. The van der Waals surface area contributed by atoms with Crippen molar-refractivity contribution in [1.29, 1.82) is 0 Å². The Hall–Kier alpha value is -1.26. The van der Waals surface area contributed by atoms with E-state index in [1.165, 1.54) is 11.1 Å². The molecule has 90 valence electrons. The fraction of sp³-hybridized carbons (Fsp3) is 0.385. The first-order valence-corrected chi connectivity index (χ1v) is 6.83. The number of hydrogen-bond acceptors (Lipinski definition) is 4. The fourth-order valence-corrected chi connectivity index (χ4v) is 2.57. The Bertz CT molecular complexity index is 413. The van der Waals surface area contributed by atoms with Crippen molar-refractivity contribution in [3.63, 3.8) is 0 Å². The second kappa shape index (κ2) is 6.47. The van der Waals surface area contributed by atoms with Gasteiger partial charge in [-0.25, -0.2) is 9.97 Å². The second-order valence-electron chi connectivity index (χ2n) is 3.95. The molecule has 3 nitrogen and oxygen atoms in total. The fourth-order valence-electron chi connectivity index (χ4n) is 1.87. The standard InChI is InChI=1S/C13H17N3S/c1-2-16-13(12-7-14-10-15-8-12)4-3-11-5-6-17-9-11/h5-10,13,16H,2-4H2,1H3. The first-order valence-electron chi connectivity index (χ1n) is 5.89. The average molecular weight is 247 g/mol. The molecule has 0 fully saturated rings. The Labute approximate surface area is 106 Å². The van der Waals surface area contributed by atoms with E-state index in [-0.39, 0.29) is 0 Å². The predicted octanol–water partition coefficient (Wildman–Crippen LogP) is 2.82. The van der Waals surface area contributed by atoms with Crippen LogP contribution in [-0.2, 0) is 6.42 Å². The molecule has 1 atom stereocenters. The van der Waals surface area contributed by atoms with Gasteiger partial charge in [-0.15, -0.1) is 0 Å². The van der Waals surface area contributed by atoms with Crippen molar-refractivity contribution in [2.45, 2.75) is 25.8 Å². The van der Waals surface area contributed by atoms with Crippen LogP contribution in [0.3, 0.4) is 0 Å². The third-order valence-electron chi connectivity index (χ3n) is 2.74. The molecular weight excluding hydrogens is 230 g/mol.